The molecule has 1 aromatic rings. The number of anilines is 1. The monoisotopic (exact) mass is 269 g/mol. The van der Waals surface area contributed by atoms with Crippen LogP contribution in [0.2, 0.25) is 0 Å². The number of aliphatic hydroxyl groups excluding tert-OH is 1. The van der Waals surface area contributed by atoms with Crippen molar-refractivity contribution in [2.75, 3.05) is 32.2 Å². The van der Waals surface area contributed by atoms with Gasteiger partial charge in [0.25, 0.3) is 0 Å². The predicted octanol–water partition coefficient (Wildman–Crippen LogP) is 1.73. The van der Waals surface area contributed by atoms with E-state index in [2.05, 4.69) is 0 Å². The van der Waals surface area contributed by atoms with E-state index < -0.39 is 6.10 Å². The van der Waals surface area contributed by atoms with Crippen molar-refractivity contribution in [3.8, 4) is 0 Å². The molecule has 3 atom stereocenters. The zero-order chi connectivity index (χ0) is 14.0. The highest BCUT2D eigenvalue weighted by atomic mass is 19.1. The first-order valence-corrected chi connectivity index (χ1v) is 6.35. The Labute approximate surface area is 112 Å². The second kappa shape index (κ2) is 5.86. The summed E-state index contributed by atoms with van der Waals surface area (Å²) in [4.78, 5) is 1.99. The summed E-state index contributed by atoms with van der Waals surface area (Å²) in [6.45, 7) is 2.82. The van der Waals surface area contributed by atoms with Crippen LogP contribution in [0.4, 0.5) is 10.1 Å². The average molecular weight is 269 g/mol. The van der Waals surface area contributed by atoms with Gasteiger partial charge < -0.3 is 19.5 Å². The maximum absolute atomic E-state index is 13.9. The molecule has 2 unspecified atom stereocenters. The molecule has 1 saturated heterocycles. The number of rotatable bonds is 4. The van der Waals surface area contributed by atoms with Crippen LogP contribution in [0.1, 0.15) is 18.6 Å². The lowest BCUT2D eigenvalue weighted by molar-refractivity contribution is -0.00461. The largest absolute Gasteiger partial charge is 0.389 e. The number of ether oxygens (including phenoxy) is 2. The minimum atomic E-state index is -0.848. The Morgan fingerprint density at radius 3 is 2.32 bits per heavy atom. The quantitative estimate of drug-likeness (QED) is 0.904. The van der Waals surface area contributed by atoms with Crippen molar-refractivity contribution in [3.05, 3.63) is 29.6 Å². The summed E-state index contributed by atoms with van der Waals surface area (Å²) in [5, 5.41) is 9.76. The van der Waals surface area contributed by atoms with Crippen LogP contribution in [-0.2, 0) is 9.47 Å². The van der Waals surface area contributed by atoms with Gasteiger partial charge in [0.2, 0.25) is 0 Å². The van der Waals surface area contributed by atoms with Gasteiger partial charge in [-0.05, 0) is 19.1 Å². The number of methoxy groups -OCH3 is 2. The normalized spacial score (nSPS) is 24.8. The fraction of sp³-hybridized carbons (Fsp3) is 0.571. The van der Waals surface area contributed by atoms with Crippen LogP contribution in [-0.4, -0.2) is 44.6 Å². The Hall–Kier alpha value is -1.17. The van der Waals surface area contributed by atoms with Crippen molar-refractivity contribution in [1.82, 2.24) is 0 Å². The number of hydrogen-bond donors (Lipinski definition) is 1. The molecule has 1 N–H and O–H groups in total. The minimum absolute atomic E-state index is 0.0462. The number of benzene rings is 1. The summed E-state index contributed by atoms with van der Waals surface area (Å²) in [6, 6.07) is 4.83. The summed E-state index contributed by atoms with van der Waals surface area (Å²) in [5.41, 5.74) is 1.03. The molecule has 0 aliphatic carbocycles. The summed E-state index contributed by atoms with van der Waals surface area (Å²) >= 11 is 0. The molecule has 1 aliphatic rings. The molecule has 0 aromatic heterocycles. The lowest BCUT2D eigenvalue weighted by Crippen LogP contribution is -2.27. The van der Waals surface area contributed by atoms with Crippen LogP contribution in [0, 0.1) is 5.82 Å². The molecule has 0 spiro atoms. The molecule has 0 bridgehead atoms. The van der Waals surface area contributed by atoms with Crippen molar-refractivity contribution < 1.29 is 19.0 Å². The molecule has 0 saturated carbocycles. The van der Waals surface area contributed by atoms with Crippen molar-refractivity contribution in [2.45, 2.75) is 25.2 Å². The molecule has 4 nitrogen and oxygen atoms in total. The highest BCUT2D eigenvalue weighted by Crippen LogP contribution is 2.32. The van der Waals surface area contributed by atoms with Gasteiger partial charge in [0.15, 0.2) is 0 Å². The number of aliphatic hydroxyl groups is 1. The Kier molecular flexibility index (Phi) is 4.39. The lowest BCUT2D eigenvalue weighted by Gasteiger charge is -2.23. The first-order valence-electron chi connectivity index (χ1n) is 6.35. The SMILES string of the molecule is COC1CN(c2cccc(F)c2[C@@H](C)O)CC1OC. The fourth-order valence-electron chi connectivity index (χ4n) is 2.61. The van der Waals surface area contributed by atoms with Gasteiger partial charge in [0.1, 0.15) is 18.0 Å². The third kappa shape index (κ3) is 2.73. The molecule has 19 heavy (non-hydrogen) atoms. The summed E-state index contributed by atoms with van der Waals surface area (Å²) in [5.74, 6) is -0.387. The van der Waals surface area contributed by atoms with Gasteiger partial charge in [-0.2, -0.15) is 0 Å². The van der Waals surface area contributed by atoms with E-state index in [9.17, 15) is 9.50 Å². The molecule has 106 valence electrons. The second-order valence-corrected chi connectivity index (χ2v) is 4.80. The predicted molar refractivity (Wildman–Crippen MR) is 70.8 cm³/mol. The van der Waals surface area contributed by atoms with Crippen molar-refractivity contribution in [2.24, 2.45) is 0 Å². The zero-order valence-corrected chi connectivity index (χ0v) is 11.5. The van der Waals surface area contributed by atoms with E-state index in [0.29, 0.717) is 24.3 Å². The van der Waals surface area contributed by atoms with Gasteiger partial charge in [-0.3, -0.25) is 0 Å². The van der Waals surface area contributed by atoms with Crippen LogP contribution in [0.25, 0.3) is 0 Å². The highest BCUT2D eigenvalue weighted by Gasteiger charge is 2.34. The Bertz CT molecular complexity index is 427. The fourth-order valence-corrected chi connectivity index (χ4v) is 2.61. The third-order valence-electron chi connectivity index (χ3n) is 3.61. The molecular formula is C14H20FNO3. The Morgan fingerprint density at radius 1 is 1.26 bits per heavy atom. The van der Waals surface area contributed by atoms with Gasteiger partial charge in [0, 0.05) is 38.6 Å². The van der Waals surface area contributed by atoms with Gasteiger partial charge in [-0.25, -0.2) is 4.39 Å². The number of nitrogens with zero attached hydrogens (tertiary/aromatic N) is 1. The average Bonchev–Trinajstić information content (AvgIpc) is 2.81. The molecule has 0 amide bonds. The van der Waals surface area contributed by atoms with E-state index in [0.717, 1.165) is 0 Å². The molecule has 1 aliphatic heterocycles. The second-order valence-electron chi connectivity index (χ2n) is 4.80. The van der Waals surface area contributed by atoms with Gasteiger partial charge in [0.05, 0.1) is 6.10 Å². The van der Waals surface area contributed by atoms with Crippen LogP contribution < -0.4 is 4.90 Å². The minimum Gasteiger partial charge on any atom is -0.389 e. The third-order valence-corrected chi connectivity index (χ3v) is 3.61. The van der Waals surface area contributed by atoms with E-state index in [4.69, 9.17) is 9.47 Å². The van der Waals surface area contributed by atoms with Crippen molar-refractivity contribution >= 4 is 5.69 Å². The summed E-state index contributed by atoms with van der Waals surface area (Å²) in [7, 11) is 3.28. The molecule has 1 fully saturated rings. The Balaban J connectivity index is 2.31. The lowest BCUT2D eigenvalue weighted by atomic mass is 10.1. The maximum Gasteiger partial charge on any atom is 0.131 e. The molecule has 2 rings (SSSR count). The Morgan fingerprint density at radius 2 is 1.84 bits per heavy atom. The molecule has 1 heterocycles. The van der Waals surface area contributed by atoms with Gasteiger partial charge in [-0.15, -0.1) is 0 Å². The van der Waals surface area contributed by atoms with Crippen molar-refractivity contribution in [3.63, 3.8) is 0 Å². The molecule has 0 radical (unpaired) electrons. The van der Waals surface area contributed by atoms with Crippen LogP contribution in [0.3, 0.4) is 0 Å². The number of halogens is 1. The summed E-state index contributed by atoms with van der Waals surface area (Å²) in [6.07, 6.45) is -0.941. The van der Waals surface area contributed by atoms with E-state index >= 15 is 0 Å². The van der Waals surface area contributed by atoms with Gasteiger partial charge in [-0.1, -0.05) is 6.07 Å². The standard InChI is InChI=1S/C14H20FNO3/c1-9(17)14-10(15)5-4-6-11(14)16-7-12(18-2)13(8-16)19-3/h4-6,9,12-13,17H,7-8H2,1-3H3/t9-,12?,13?/m1/s1. The van der Waals surface area contributed by atoms with Crippen LogP contribution in [0.15, 0.2) is 18.2 Å². The summed E-state index contributed by atoms with van der Waals surface area (Å²) < 4.78 is 24.6. The van der Waals surface area contributed by atoms with E-state index in [1.807, 2.05) is 11.0 Å². The van der Waals surface area contributed by atoms with E-state index in [1.54, 1.807) is 27.2 Å². The molecule has 5 heteroatoms. The maximum atomic E-state index is 13.9. The smallest absolute Gasteiger partial charge is 0.131 e. The molecular weight excluding hydrogens is 249 g/mol. The first kappa shape index (κ1) is 14.2. The zero-order valence-electron chi connectivity index (χ0n) is 11.5. The number of hydrogen-bond acceptors (Lipinski definition) is 4. The van der Waals surface area contributed by atoms with E-state index in [-0.39, 0.29) is 18.0 Å². The van der Waals surface area contributed by atoms with Gasteiger partial charge >= 0.3 is 0 Å². The van der Waals surface area contributed by atoms with Crippen LogP contribution >= 0.6 is 0 Å². The highest BCUT2D eigenvalue weighted by molar-refractivity contribution is 5.56. The molecule has 1 aromatic carbocycles. The van der Waals surface area contributed by atoms with Crippen LogP contribution in [0.5, 0.6) is 0 Å². The topological polar surface area (TPSA) is 41.9 Å². The van der Waals surface area contributed by atoms with E-state index in [1.165, 1.54) is 6.07 Å². The van der Waals surface area contributed by atoms with Crippen molar-refractivity contribution in [1.29, 1.82) is 0 Å². The first-order chi connectivity index (χ1) is 9.08.